The van der Waals surface area contributed by atoms with Crippen molar-refractivity contribution in [3.8, 4) is 0 Å². The van der Waals surface area contributed by atoms with Gasteiger partial charge in [-0.25, -0.2) is 110 Å². The molecule has 0 aromatic heterocycles. The molecule has 14 saturated heterocycles. The molecule has 2 aromatic carbocycles. The van der Waals surface area contributed by atoms with Gasteiger partial charge in [-0.1, -0.05) is 60.7 Å². The monoisotopic (exact) mass is 2480 g/mol. The highest BCUT2D eigenvalue weighted by Crippen LogP contribution is 2.71. The molecule has 0 N–H and O–H groups in total. The zero-order chi connectivity index (χ0) is 112. The van der Waals surface area contributed by atoms with Gasteiger partial charge < -0.3 is 0 Å². The van der Waals surface area contributed by atoms with E-state index in [-0.39, 0.29) is 26.4 Å². The van der Waals surface area contributed by atoms with Crippen LogP contribution in [0.3, 0.4) is 0 Å². The lowest BCUT2D eigenvalue weighted by atomic mass is 9.69. The fourth-order valence-electron chi connectivity index (χ4n) is 14.9. The molecule has 0 aliphatic carbocycles. The van der Waals surface area contributed by atoms with Crippen molar-refractivity contribution in [1.29, 1.82) is 0 Å². The molecule has 14 atom stereocenters. The topological polar surface area (TPSA) is 736 Å². The summed E-state index contributed by atoms with van der Waals surface area (Å²) in [7, 11) is -68.8. The summed E-state index contributed by atoms with van der Waals surface area (Å²) in [5.41, 5.74) is -19.6. The van der Waals surface area contributed by atoms with Gasteiger partial charge in [0.1, 0.15) is 12.2 Å². The van der Waals surface area contributed by atoms with E-state index in [1.807, 2.05) is 0 Å². The molecule has 16 rings (SSSR count). The minimum Gasteiger partial charge on any atom is -0.247 e. The van der Waals surface area contributed by atoms with Crippen LogP contribution in [-0.4, -0.2) is 294 Å². The van der Waals surface area contributed by atoms with Gasteiger partial charge in [-0.05, 0) is 52.7 Å². The molecule has 14 heterocycles. The van der Waals surface area contributed by atoms with Crippen molar-refractivity contribution in [3.63, 3.8) is 0 Å². The van der Waals surface area contributed by atoms with E-state index in [9.17, 15) is 214 Å². The van der Waals surface area contributed by atoms with Gasteiger partial charge in [-0.2, -0.15) is 222 Å². The van der Waals surface area contributed by atoms with Gasteiger partial charge in [0.05, 0.1) is 111 Å². The highest BCUT2D eigenvalue weighted by atomic mass is 32.3. The molecule has 14 unspecified atom stereocenters. The third kappa shape index (κ3) is 24.9. The number of alkyl halides is 22. The molecule has 14 aliphatic heterocycles. The van der Waals surface area contributed by atoms with Crippen LogP contribution in [0.1, 0.15) is 64.9 Å². The molecule has 852 valence electrons. The van der Waals surface area contributed by atoms with E-state index in [2.05, 4.69) is 75.3 Å². The van der Waals surface area contributed by atoms with Gasteiger partial charge in [0.15, 0.2) is 17.6 Å². The van der Waals surface area contributed by atoms with Crippen LogP contribution in [-0.2, 0) is 263 Å². The predicted molar refractivity (Wildman–Crippen MR) is 395 cm³/mol. The minimum atomic E-state index is -6.63. The first-order chi connectivity index (χ1) is 65.8. The maximum Gasteiger partial charge on any atom is 0.417 e. The third-order valence-electron chi connectivity index (χ3n) is 22.0. The van der Waals surface area contributed by atoms with E-state index >= 15 is 0 Å². The van der Waals surface area contributed by atoms with Crippen LogP contribution in [0.25, 0.3) is 0 Å². The Bertz CT molecular complexity index is 6330. The molecule has 92 heteroatoms. The number of hydrogen-bond donors (Lipinski definition) is 0. The minimum absolute atomic E-state index is 0.243. The van der Waals surface area contributed by atoms with Gasteiger partial charge in [0.2, 0.25) is 30.8 Å². The molecule has 14 aliphatic rings. The Labute approximate surface area is 812 Å². The van der Waals surface area contributed by atoms with Crippen LogP contribution < -0.4 is 0 Å². The Morgan fingerprint density at radius 2 is 0.442 bits per heavy atom. The van der Waals surface area contributed by atoms with Crippen LogP contribution in [0, 0.1) is 37.9 Å². The Morgan fingerprint density at radius 1 is 0.231 bits per heavy atom. The Kier molecular flexibility index (Phi) is 33.7. The first-order valence-electron chi connectivity index (χ1n) is 37.3. The molecule has 0 bridgehead atoms. The first-order valence-corrected chi connectivity index (χ1v) is 55.9. The van der Waals surface area contributed by atoms with Crippen LogP contribution in [0.5, 0.6) is 0 Å². The quantitative estimate of drug-likeness (QED) is 0.389. The van der Waals surface area contributed by atoms with Gasteiger partial charge >= 0.3 is 200 Å². The van der Waals surface area contributed by atoms with Crippen molar-refractivity contribution in [2.75, 3.05) is 52.9 Å². The SMILES string of the molecule is CC1OS(=O)(=O)OC(C)C12C(C)OS(=O)(=O)OC2C.CC1OS(=O)(=O)OCC12COS(=O)(=O)OC2C.O=S1(=O)OC(F)(F)C2(C(F)(F)O1)C(F)(F)OS(=O)(=O)OC2(F)F.O=S1(=O)OC(F)C2(C(F)O1)C(F)OS(=O)(=O)OC2F.O=S1(=O)OCC2(COS(=O)(=O)OC2(F)F)C(F)(F)O1.O=S1(=O)OCC2(COS(=O)(=O)OC2C(F)(F)F)C(C(F)(F)F)O1.O=S1(=O)OCC2(COS(=O)(=O)OC2c2ccccc2)C(c2ccccc2)O1. The molecular formula is C55H58F22O56S14. The molecule has 147 heavy (non-hydrogen) atoms. The van der Waals surface area contributed by atoms with E-state index in [0.29, 0.717) is 11.1 Å². The van der Waals surface area contributed by atoms with E-state index in [4.69, 9.17) is 41.8 Å². The standard InChI is InChI=1S/C17H16O8S2.C9H16O8S2.C7H6F6O8S2.C7H12O8S2.C5F8O8S2.2C5H4F4O8S2/c18-26(19)22-11-17(15(24-26)13-7-3-1-4-8-13)12-23-27(20,21)25-16(17)14-9-5-2-6-10-14;1-5-9(6(2)15-18(10,11)14-5)7(3)16-19(12,13)17-8(9)4;8-6(9,10)3-5(1-18-22(14,15)20-3)2-19-23(16,17)21-4(5)7(11,12)13;1-5-7(3-12-16(8,9)14-5)4-13-17(10,11)15-6(7)2;6-2(7)1(3(8,9)19-22(14,15)18-2)4(10,11)20-23(16,17)21-5(1,12)13;6-1-5(2(7)15-18(10,11)14-1)3(8)16-19(12,13)17-4(5)9;6-4(7)3(1-14-18(10,11)16-4)2-15-19(12,13)17-5(3,8)9/h1-10,15-16H,11-12H2;5-8H,1-4H3;3-4H,1-2H2;5-6H,3-4H2,1-2H3;;1-4H;1-2H2. The van der Waals surface area contributed by atoms with E-state index in [0.717, 1.165) is 0 Å². The van der Waals surface area contributed by atoms with Crippen molar-refractivity contribution in [2.45, 2.75) is 177 Å². The lowest BCUT2D eigenvalue weighted by molar-refractivity contribution is -0.548. The van der Waals surface area contributed by atoms with E-state index in [1.165, 1.54) is 41.5 Å². The summed E-state index contributed by atoms with van der Waals surface area (Å²) in [5.74, 6) is 0. The van der Waals surface area contributed by atoms with E-state index < -0.39 is 345 Å². The average Bonchev–Trinajstić information content (AvgIpc) is 0.656. The predicted octanol–water partition coefficient (Wildman–Crippen LogP) is 2.31. The Hall–Kier alpha value is -4.92. The molecule has 14 fully saturated rings. The maximum absolute atomic E-state index is 13.5. The molecule has 7 spiro atoms. The fraction of sp³-hybridized carbons (Fsp3) is 0.782. The Balaban J connectivity index is 0.000000176. The van der Waals surface area contributed by atoms with Gasteiger partial charge in [-0.3, -0.25) is 0 Å². The van der Waals surface area contributed by atoms with Gasteiger partial charge in [0, 0.05) is 0 Å². The lowest BCUT2D eigenvalue weighted by Gasteiger charge is -2.52. The second kappa shape index (κ2) is 40.0. The zero-order valence-corrected chi connectivity index (χ0v) is 82.3. The van der Waals surface area contributed by atoms with Crippen molar-refractivity contribution >= 4 is 146 Å². The summed E-state index contributed by atoms with van der Waals surface area (Å²) in [6, 6.07) is 17.2. The zero-order valence-electron chi connectivity index (χ0n) is 70.9. The molecular weight excluding hydrogens is 2420 g/mol. The second-order valence-corrected chi connectivity index (χ2v) is 47.8. The van der Waals surface area contributed by atoms with Crippen molar-refractivity contribution in [1.82, 2.24) is 0 Å². The average molecular weight is 2480 g/mol. The molecule has 0 radical (unpaired) electrons. The fourth-order valence-corrected chi connectivity index (χ4v) is 27.6. The number of benzene rings is 2. The summed E-state index contributed by atoms with van der Waals surface area (Å²) >= 11 is 0. The molecule has 0 saturated carbocycles. The summed E-state index contributed by atoms with van der Waals surface area (Å²) in [4.78, 5) is 0. The number of rotatable bonds is 2. The summed E-state index contributed by atoms with van der Waals surface area (Å²) < 4.78 is 714. The highest BCUT2D eigenvalue weighted by Gasteiger charge is 3.00. The van der Waals surface area contributed by atoms with Crippen LogP contribution >= 0.6 is 0 Å². The first kappa shape index (κ1) is 124. The van der Waals surface area contributed by atoms with Crippen molar-refractivity contribution in [2.24, 2.45) is 37.9 Å². The normalized spacial score (nSPS) is 39.5. The summed E-state index contributed by atoms with van der Waals surface area (Å²) in [5, 5.41) is 0. The number of halogens is 22. The summed E-state index contributed by atoms with van der Waals surface area (Å²) in [6.45, 7) is 0.899. The maximum atomic E-state index is 13.5. The van der Waals surface area contributed by atoms with Crippen molar-refractivity contribution in [3.05, 3.63) is 71.8 Å². The van der Waals surface area contributed by atoms with E-state index in [1.54, 1.807) is 60.7 Å². The second-order valence-electron chi connectivity index (χ2n) is 30.8. The smallest absolute Gasteiger partial charge is 0.247 e. The molecule has 56 nitrogen and oxygen atoms in total. The third-order valence-corrected chi connectivity index (χ3v) is 34.2. The van der Waals surface area contributed by atoms with Crippen molar-refractivity contribution < 1.29 is 332 Å². The summed E-state index contributed by atoms with van der Waals surface area (Å²) in [6.07, 6.45) is -75.9. The van der Waals surface area contributed by atoms with Crippen LogP contribution in [0.4, 0.5) is 96.6 Å². The van der Waals surface area contributed by atoms with Crippen LogP contribution in [0.15, 0.2) is 60.7 Å². The Morgan fingerprint density at radius 3 is 0.687 bits per heavy atom. The van der Waals surface area contributed by atoms with Gasteiger partial charge in [0.25, 0.3) is 0 Å². The highest BCUT2D eigenvalue weighted by molar-refractivity contribution is 7.85. The molecule has 0 amide bonds. The van der Waals surface area contributed by atoms with Gasteiger partial charge in [-0.15, -0.1) is 0 Å². The van der Waals surface area contributed by atoms with Crippen LogP contribution in [0.2, 0.25) is 0 Å². The number of hydrogen-bond acceptors (Lipinski definition) is 56. The molecule has 2 aromatic rings. The largest absolute Gasteiger partial charge is 0.417 e. The lowest BCUT2D eigenvalue weighted by Crippen LogP contribution is -2.79.